The van der Waals surface area contributed by atoms with E-state index in [1.807, 2.05) is 23.5 Å². The average molecular weight is 699 g/mol. The van der Waals surface area contributed by atoms with Gasteiger partial charge in [-0.2, -0.15) is 17.6 Å². The lowest BCUT2D eigenvalue weighted by atomic mass is 9.47. The summed E-state index contributed by atoms with van der Waals surface area (Å²) in [5.41, 5.74) is -1.49. The summed E-state index contributed by atoms with van der Waals surface area (Å²) in [6.45, 7) is -2.73. The van der Waals surface area contributed by atoms with Crippen molar-refractivity contribution in [1.29, 1.82) is 0 Å². The number of alkyl halides is 6. The number of hydrogen-bond donors (Lipinski definition) is 0. The van der Waals surface area contributed by atoms with Gasteiger partial charge in [0.15, 0.2) is 12.4 Å². The Morgan fingerprint density at radius 3 is 1.76 bits per heavy atom. The lowest BCUT2D eigenvalue weighted by molar-refractivity contribution is -0.345. The van der Waals surface area contributed by atoms with Gasteiger partial charge in [0.05, 0.1) is 14.9 Å². The summed E-state index contributed by atoms with van der Waals surface area (Å²) < 4.78 is 106. The summed E-state index contributed by atoms with van der Waals surface area (Å²) in [6.07, 6.45) is 6.38. The Balaban J connectivity index is 0.909. The van der Waals surface area contributed by atoms with Crippen molar-refractivity contribution in [2.45, 2.75) is 104 Å². The lowest BCUT2D eigenvalue weighted by Gasteiger charge is -2.62. The second-order valence-corrected chi connectivity index (χ2v) is 19.1. The Labute approximate surface area is 272 Å². The van der Waals surface area contributed by atoms with Gasteiger partial charge in [-0.3, -0.25) is 9.59 Å². The molecule has 46 heavy (non-hydrogen) atoms. The Kier molecular flexibility index (Phi) is 7.27. The number of halogens is 6. The van der Waals surface area contributed by atoms with Crippen LogP contribution in [0, 0.1) is 46.3 Å². The van der Waals surface area contributed by atoms with Crippen LogP contribution in [0.4, 0.5) is 26.3 Å². The van der Waals surface area contributed by atoms with Gasteiger partial charge < -0.3 is 18.9 Å². The molecule has 14 heteroatoms. The average Bonchev–Trinajstić information content (AvgIpc) is 3.37. The predicted octanol–water partition coefficient (Wildman–Crippen LogP) is 6.94. The zero-order valence-electron chi connectivity index (χ0n) is 25.7. The van der Waals surface area contributed by atoms with Crippen molar-refractivity contribution in [2.24, 2.45) is 46.3 Å². The largest absolute Gasteiger partial charge is 0.464 e. The van der Waals surface area contributed by atoms with E-state index in [0.29, 0.717) is 57.3 Å². The molecule has 2 saturated heterocycles. The first-order valence-corrected chi connectivity index (χ1v) is 18.4. The third-order valence-corrected chi connectivity index (χ3v) is 16.9. The topological polar surface area (TPSA) is 71.1 Å². The Bertz CT molecular complexity index is 1240. The molecule has 2 heterocycles. The molecule has 2 aliphatic heterocycles. The van der Waals surface area contributed by atoms with Crippen LogP contribution in [0.2, 0.25) is 0 Å². The first-order valence-electron chi connectivity index (χ1n) is 16.6. The monoisotopic (exact) mass is 698 g/mol. The van der Waals surface area contributed by atoms with Crippen LogP contribution >= 0.6 is 23.5 Å². The van der Waals surface area contributed by atoms with E-state index in [1.54, 1.807) is 0 Å². The molecular formula is C32H40F6O6S2. The maximum atomic E-state index is 14.2. The smallest absolute Gasteiger partial charge is 0.335 e. The highest BCUT2D eigenvalue weighted by Crippen LogP contribution is 2.73. The van der Waals surface area contributed by atoms with Crippen molar-refractivity contribution in [2.75, 3.05) is 32.2 Å². The van der Waals surface area contributed by atoms with Crippen LogP contribution < -0.4 is 0 Å². The summed E-state index contributed by atoms with van der Waals surface area (Å²) in [4.78, 5) is 26.9. The molecule has 10 fully saturated rings. The predicted molar refractivity (Wildman–Crippen MR) is 156 cm³/mol. The molecule has 258 valence electrons. The van der Waals surface area contributed by atoms with Crippen LogP contribution in [0.5, 0.6) is 0 Å². The number of thioether (sulfide) groups is 2. The molecule has 5 atom stereocenters. The highest BCUT2D eigenvalue weighted by Gasteiger charge is 2.71. The number of ether oxygens (including phenoxy) is 4. The fourth-order valence-corrected chi connectivity index (χ4v) is 15.3. The molecule has 0 radical (unpaired) electrons. The fraction of sp³-hybridized carbons (Fsp3) is 0.938. The molecule has 0 amide bonds. The quantitative estimate of drug-likeness (QED) is 0.219. The first kappa shape index (κ1) is 32.4. The molecule has 0 aromatic carbocycles. The lowest BCUT2D eigenvalue weighted by Crippen LogP contribution is -2.65. The van der Waals surface area contributed by atoms with Gasteiger partial charge >= 0.3 is 23.8 Å². The Hall–Kier alpha value is -0.860. The van der Waals surface area contributed by atoms with Gasteiger partial charge in [-0.1, -0.05) is 0 Å². The number of hydrogen-bond acceptors (Lipinski definition) is 8. The van der Waals surface area contributed by atoms with Crippen LogP contribution in [0.3, 0.4) is 0 Å². The first-order chi connectivity index (χ1) is 21.5. The molecular weight excluding hydrogens is 658 g/mol. The fourth-order valence-electron chi connectivity index (χ4n) is 11.2. The van der Waals surface area contributed by atoms with Crippen molar-refractivity contribution < 1.29 is 54.9 Å². The minimum atomic E-state index is -4.33. The normalized spacial score (nSPS) is 47.3. The van der Waals surface area contributed by atoms with E-state index in [-0.39, 0.29) is 39.7 Å². The number of rotatable bonds is 6. The summed E-state index contributed by atoms with van der Waals surface area (Å²) in [5.74, 6) is -13.1. The molecule has 0 aromatic heterocycles. The molecule has 0 N–H and O–H groups in total. The molecule has 6 nitrogen and oxygen atoms in total. The maximum absolute atomic E-state index is 14.2. The minimum absolute atomic E-state index is 0.0615. The third kappa shape index (κ3) is 4.81. The molecule has 2 spiro atoms. The van der Waals surface area contributed by atoms with E-state index in [2.05, 4.69) is 0 Å². The van der Waals surface area contributed by atoms with Gasteiger partial charge in [-0.05, 0) is 87.9 Å². The van der Waals surface area contributed by atoms with E-state index >= 15 is 0 Å². The van der Waals surface area contributed by atoms with Gasteiger partial charge in [0.1, 0.15) is 19.8 Å². The van der Waals surface area contributed by atoms with Crippen molar-refractivity contribution in [3.05, 3.63) is 0 Å². The summed E-state index contributed by atoms with van der Waals surface area (Å²) in [5, 5.41) is 0.0615. The molecule has 10 rings (SSSR count). The second-order valence-electron chi connectivity index (χ2n) is 16.0. The van der Waals surface area contributed by atoms with E-state index in [9.17, 15) is 35.9 Å². The van der Waals surface area contributed by atoms with Gasteiger partial charge in [-0.15, -0.1) is 23.5 Å². The van der Waals surface area contributed by atoms with Crippen LogP contribution in [-0.2, 0) is 28.5 Å². The van der Waals surface area contributed by atoms with Crippen LogP contribution in [0.15, 0.2) is 0 Å². The summed E-state index contributed by atoms with van der Waals surface area (Å²) in [6, 6.07) is 0. The molecule has 8 bridgehead atoms. The van der Waals surface area contributed by atoms with Gasteiger partial charge in [0.25, 0.3) is 5.92 Å². The molecule has 8 saturated carbocycles. The minimum Gasteiger partial charge on any atom is -0.464 e. The van der Waals surface area contributed by atoms with Crippen molar-refractivity contribution >= 4 is 35.5 Å². The van der Waals surface area contributed by atoms with E-state index in [0.717, 1.165) is 25.5 Å². The van der Waals surface area contributed by atoms with Gasteiger partial charge in [-0.25, -0.2) is 8.78 Å². The molecule has 10 aliphatic rings. The van der Waals surface area contributed by atoms with Crippen molar-refractivity contribution in [3.8, 4) is 0 Å². The van der Waals surface area contributed by atoms with E-state index in [1.165, 1.54) is 0 Å². The maximum Gasteiger partial charge on any atom is 0.335 e. The molecule has 0 aromatic rings. The SMILES string of the molecule is CC(F)(F)COC(=O)C12CC3CC(C1)C1(SCC(COC(=O)C45CC6CC(C4)C4(OCC(F)(F)C(F)(F)CO4)C(C6)C5)S1)C(C3)C2. The van der Waals surface area contributed by atoms with Crippen molar-refractivity contribution in [3.63, 3.8) is 0 Å². The van der Waals surface area contributed by atoms with E-state index < -0.39 is 72.0 Å². The zero-order valence-corrected chi connectivity index (χ0v) is 27.3. The summed E-state index contributed by atoms with van der Waals surface area (Å²) in [7, 11) is 0. The molecule has 8 aliphatic carbocycles. The highest BCUT2D eigenvalue weighted by molar-refractivity contribution is 8.21. The van der Waals surface area contributed by atoms with Crippen LogP contribution in [-0.4, -0.2) is 77.0 Å². The number of carbonyl (C=O) groups excluding carboxylic acids is 2. The van der Waals surface area contributed by atoms with Crippen molar-refractivity contribution in [1.82, 2.24) is 0 Å². The Morgan fingerprint density at radius 2 is 1.24 bits per heavy atom. The Morgan fingerprint density at radius 1 is 0.761 bits per heavy atom. The van der Waals surface area contributed by atoms with Crippen LogP contribution in [0.1, 0.15) is 71.1 Å². The summed E-state index contributed by atoms with van der Waals surface area (Å²) >= 11 is 3.73. The number of esters is 2. The zero-order chi connectivity index (χ0) is 32.5. The van der Waals surface area contributed by atoms with E-state index in [4.69, 9.17) is 18.9 Å². The highest BCUT2D eigenvalue weighted by atomic mass is 32.2. The third-order valence-electron chi connectivity index (χ3n) is 12.7. The molecule has 5 unspecified atom stereocenters. The standard InChI is InChI=1S/C32H40F6O6S2/c1-26(33,34)14-42-25(40)28-7-18-4-21(10-28)32(22(5-18)11-28)45-13-23(46-32)12-41-24(39)27-6-17-2-19(8-27)31(20(3-17)9-27)43-15-29(35,36)30(37,38)16-44-31/h17-23H,2-16H2,1H3. The second kappa shape index (κ2) is 10.3. The van der Waals surface area contributed by atoms with Gasteiger partial charge in [0.2, 0.25) is 0 Å². The van der Waals surface area contributed by atoms with Crippen LogP contribution in [0.25, 0.3) is 0 Å². The van der Waals surface area contributed by atoms with Gasteiger partial charge in [0, 0.05) is 29.8 Å². The number of carbonyl (C=O) groups is 2.